The largest absolute Gasteiger partial charge is 0.495 e. The van der Waals surface area contributed by atoms with Gasteiger partial charge in [0.2, 0.25) is 0 Å². The molecule has 18 heavy (non-hydrogen) atoms. The van der Waals surface area contributed by atoms with Gasteiger partial charge >= 0.3 is 0 Å². The zero-order chi connectivity index (χ0) is 13.1. The average Bonchev–Trinajstić information content (AvgIpc) is 2.38. The Kier molecular flexibility index (Phi) is 3.81. The second-order valence-electron chi connectivity index (χ2n) is 3.52. The van der Waals surface area contributed by atoms with E-state index in [9.17, 15) is 4.39 Å². The van der Waals surface area contributed by atoms with Crippen LogP contribution in [0, 0.1) is 5.82 Å². The third-order valence-corrected chi connectivity index (χ3v) is 3.23. The standard InChI is InChI=1S/C13H11BrFNO2/c1-17-11-4-3-9(13(18-2)12(11)14)10-7-8(15)5-6-16-10/h3-7H,1-2H3. The number of hydrogen-bond donors (Lipinski definition) is 0. The second-order valence-corrected chi connectivity index (χ2v) is 4.31. The third-order valence-electron chi connectivity index (χ3n) is 2.48. The van der Waals surface area contributed by atoms with Gasteiger partial charge in [0.1, 0.15) is 21.8 Å². The summed E-state index contributed by atoms with van der Waals surface area (Å²) < 4.78 is 24.4. The van der Waals surface area contributed by atoms with Crippen LogP contribution in [0.5, 0.6) is 11.5 Å². The quantitative estimate of drug-likeness (QED) is 0.866. The fourth-order valence-corrected chi connectivity index (χ4v) is 2.32. The minimum Gasteiger partial charge on any atom is -0.495 e. The van der Waals surface area contributed by atoms with Crippen LogP contribution >= 0.6 is 15.9 Å². The van der Waals surface area contributed by atoms with E-state index < -0.39 is 0 Å². The predicted octanol–water partition coefficient (Wildman–Crippen LogP) is 3.67. The zero-order valence-electron chi connectivity index (χ0n) is 9.91. The number of aromatic nitrogens is 1. The van der Waals surface area contributed by atoms with Crippen LogP contribution in [0.3, 0.4) is 0 Å². The zero-order valence-corrected chi connectivity index (χ0v) is 11.5. The fourth-order valence-electron chi connectivity index (χ4n) is 1.65. The smallest absolute Gasteiger partial charge is 0.146 e. The number of nitrogens with zero attached hydrogens (tertiary/aromatic N) is 1. The topological polar surface area (TPSA) is 31.4 Å². The maximum Gasteiger partial charge on any atom is 0.146 e. The van der Waals surface area contributed by atoms with E-state index in [1.165, 1.54) is 18.3 Å². The summed E-state index contributed by atoms with van der Waals surface area (Å²) in [6.45, 7) is 0. The highest BCUT2D eigenvalue weighted by Crippen LogP contribution is 2.41. The van der Waals surface area contributed by atoms with Crippen LogP contribution in [0.1, 0.15) is 0 Å². The molecule has 5 heteroatoms. The number of methoxy groups -OCH3 is 2. The molecule has 0 N–H and O–H groups in total. The van der Waals surface area contributed by atoms with Gasteiger partial charge < -0.3 is 9.47 Å². The molecule has 0 radical (unpaired) electrons. The van der Waals surface area contributed by atoms with Crippen molar-refractivity contribution in [2.24, 2.45) is 0 Å². The molecule has 1 aromatic carbocycles. The molecule has 1 aromatic heterocycles. The first-order valence-electron chi connectivity index (χ1n) is 5.19. The third kappa shape index (κ3) is 2.31. The summed E-state index contributed by atoms with van der Waals surface area (Å²) in [7, 11) is 3.11. The average molecular weight is 312 g/mol. The normalized spacial score (nSPS) is 10.2. The molecule has 0 amide bonds. The summed E-state index contributed by atoms with van der Waals surface area (Å²) >= 11 is 3.40. The van der Waals surface area contributed by atoms with Gasteiger partial charge in [-0.1, -0.05) is 0 Å². The van der Waals surface area contributed by atoms with E-state index in [2.05, 4.69) is 20.9 Å². The molecule has 0 aliphatic heterocycles. The van der Waals surface area contributed by atoms with E-state index >= 15 is 0 Å². The number of rotatable bonds is 3. The number of hydrogen-bond acceptors (Lipinski definition) is 3. The molecular weight excluding hydrogens is 301 g/mol. The molecule has 0 atom stereocenters. The minimum atomic E-state index is -0.339. The van der Waals surface area contributed by atoms with Gasteiger partial charge in [0, 0.05) is 17.8 Å². The van der Waals surface area contributed by atoms with Gasteiger partial charge in [-0.3, -0.25) is 4.98 Å². The first kappa shape index (κ1) is 12.8. The van der Waals surface area contributed by atoms with Crippen LogP contribution in [0.25, 0.3) is 11.3 Å². The summed E-state index contributed by atoms with van der Waals surface area (Å²) in [6, 6.07) is 6.21. The van der Waals surface area contributed by atoms with Gasteiger partial charge in [0.15, 0.2) is 0 Å². The Balaban J connectivity index is 2.61. The number of ether oxygens (including phenoxy) is 2. The highest BCUT2D eigenvalue weighted by atomic mass is 79.9. The Morgan fingerprint density at radius 2 is 1.94 bits per heavy atom. The van der Waals surface area contributed by atoms with Crippen LogP contribution in [0.4, 0.5) is 4.39 Å². The van der Waals surface area contributed by atoms with Gasteiger partial charge in [-0.25, -0.2) is 4.39 Å². The van der Waals surface area contributed by atoms with E-state index in [0.717, 1.165) is 0 Å². The van der Waals surface area contributed by atoms with E-state index in [0.29, 0.717) is 27.2 Å². The molecule has 2 rings (SSSR count). The van der Waals surface area contributed by atoms with Crippen molar-refractivity contribution in [3.8, 4) is 22.8 Å². The van der Waals surface area contributed by atoms with Gasteiger partial charge in [-0.05, 0) is 34.1 Å². The van der Waals surface area contributed by atoms with Crippen LogP contribution in [-0.4, -0.2) is 19.2 Å². The molecule has 94 valence electrons. The number of pyridine rings is 1. The van der Waals surface area contributed by atoms with Crippen LogP contribution in [0.2, 0.25) is 0 Å². The molecule has 1 heterocycles. The molecule has 3 nitrogen and oxygen atoms in total. The molecule has 0 aliphatic rings. The fraction of sp³-hybridized carbons (Fsp3) is 0.154. The lowest BCUT2D eigenvalue weighted by Crippen LogP contribution is -1.94. The summed E-state index contributed by atoms with van der Waals surface area (Å²) in [5.41, 5.74) is 1.21. The lowest BCUT2D eigenvalue weighted by molar-refractivity contribution is 0.390. The summed E-state index contributed by atoms with van der Waals surface area (Å²) in [5, 5.41) is 0. The molecule has 0 fully saturated rings. The Hall–Kier alpha value is -1.62. The van der Waals surface area contributed by atoms with Crippen molar-refractivity contribution in [1.82, 2.24) is 4.98 Å². The SMILES string of the molecule is COc1ccc(-c2cc(F)ccn2)c(OC)c1Br. The summed E-state index contributed by atoms with van der Waals surface area (Å²) in [4.78, 5) is 4.13. The Morgan fingerprint density at radius 3 is 2.56 bits per heavy atom. The van der Waals surface area contributed by atoms with E-state index in [4.69, 9.17) is 9.47 Å². The molecule has 0 saturated heterocycles. The number of halogens is 2. The number of benzene rings is 1. The van der Waals surface area contributed by atoms with Gasteiger partial charge in [0.05, 0.1) is 19.9 Å². The van der Waals surface area contributed by atoms with Crippen molar-refractivity contribution in [1.29, 1.82) is 0 Å². The van der Waals surface area contributed by atoms with Crippen LogP contribution < -0.4 is 9.47 Å². The molecule has 0 spiro atoms. The Bertz CT molecular complexity index is 575. The second kappa shape index (κ2) is 5.35. The van der Waals surface area contributed by atoms with Crippen molar-refractivity contribution in [3.63, 3.8) is 0 Å². The summed E-state index contributed by atoms with van der Waals surface area (Å²) in [6.07, 6.45) is 1.42. The van der Waals surface area contributed by atoms with Crippen LogP contribution in [0.15, 0.2) is 34.9 Å². The lowest BCUT2D eigenvalue weighted by Gasteiger charge is -2.12. The first-order valence-corrected chi connectivity index (χ1v) is 5.99. The highest BCUT2D eigenvalue weighted by Gasteiger charge is 2.15. The van der Waals surface area contributed by atoms with E-state index in [1.807, 2.05) is 0 Å². The lowest BCUT2D eigenvalue weighted by atomic mass is 10.1. The first-order chi connectivity index (χ1) is 8.67. The van der Waals surface area contributed by atoms with E-state index in [-0.39, 0.29) is 5.82 Å². The maximum atomic E-state index is 13.2. The van der Waals surface area contributed by atoms with Gasteiger partial charge in [-0.15, -0.1) is 0 Å². The molecule has 0 bridgehead atoms. The monoisotopic (exact) mass is 311 g/mol. The minimum absolute atomic E-state index is 0.339. The highest BCUT2D eigenvalue weighted by molar-refractivity contribution is 9.10. The van der Waals surface area contributed by atoms with Crippen molar-refractivity contribution in [2.75, 3.05) is 14.2 Å². The van der Waals surface area contributed by atoms with Crippen LogP contribution in [-0.2, 0) is 0 Å². The maximum absolute atomic E-state index is 13.2. The summed E-state index contributed by atoms with van der Waals surface area (Å²) in [5.74, 6) is 0.869. The van der Waals surface area contributed by atoms with Crippen molar-refractivity contribution < 1.29 is 13.9 Å². The molecule has 0 unspecified atom stereocenters. The van der Waals surface area contributed by atoms with E-state index in [1.54, 1.807) is 26.4 Å². The molecule has 0 aliphatic carbocycles. The van der Waals surface area contributed by atoms with Gasteiger partial charge in [-0.2, -0.15) is 0 Å². The van der Waals surface area contributed by atoms with Crippen molar-refractivity contribution in [2.45, 2.75) is 0 Å². The molecule has 2 aromatic rings. The van der Waals surface area contributed by atoms with Crippen molar-refractivity contribution >= 4 is 15.9 Å². The van der Waals surface area contributed by atoms with Crippen molar-refractivity contribution in [3.05, 3.63) is 40.8 Å². The Labute approximate surface area is 113 Å². The van der Waals surface area contributed by atoms with Gasteiger partial charge in [0.25, 0.3) is 0 Å². The predicted molar refractivity (Wildman–Crippen MR) is 70.4 cm³/mol. The Morgan fingerprint density at radius 1 is 1.17 bits per heavy atom. The molecular formula is C13H11BrFNO2. The molecule has 0 saturated carbocycles.